The van der Waals surface area contributed by atoms with Crippen molar-refractivity contribution in [2.75, 3.05) is 39.5 Å². The van der Waals surface area contributed by atoms with Crippen molar-refractivity contribution in [2.45, 2.75) is 6.92 Å². The minimum absolute atomic E-state index is 0.186. The summed E-state index contributed by atoms with van der Waals surface area (Å²) in [5, 5.41) is 6.04. The summed E-state index contributed by atoms with van der Waals surface area (Å²) in [5.74, 6) is 1.30. The third kappa shape index (κ3) is 3.08. The second-order valence-corrected chi connectivity index (χ2v) is 6.04. The predicted molar refractivity (Wildman–Crippen MR) is 64.9 cm³/mol. The first-order valence-corrected chi connectivity index (χ1v) is 7.00. The minimum atomic E-state index is -2.98. The van der Waals surface area contributed by atoms with E-state index in [1.165, 1.54) is 4.31 Å². The van der Waals surface area contributed by atoms with E-state index in [-0.39, 0.29) is 5.75 Å². The van der Waals surface area contributed by atoms with Crippen LogP contribution in [0.1, 0.15) is 6.92 Å². The van der Waals surface area contributed by atoms with Gasteiger partial charge in [0.25, 0.3) is 0 Å². The van der Waals surface area contributed by atoms with Gasteiger partial charge in [-0.2, -0.15) is 0 Å². The molecule has 0 bridgehead atoms. The van der Waals surface area contributed by atoms with Gasteiger partial charge in [0.05, 0.1) is 5.75 Å². The molecule has 2 N–H and O–H groups in total. The van der Waals surface area contributed by atoms with Gasteiger partial charge in [-0.05, 0) is 6.92 Å². The maximum absolute atomic E-state index is 11.4. The number of hydrogen-bond donors (Lipinski definition) is 2. The molecule has 1 aliphatic heterocycles. The van der Waals surface area contributed by atoms with Crippen LogP contribution in [0.25, 0.3) is 0 Å². The molecule has 1 heterocycles. The third-order valence-electron chi connectivity index (χ3n) is 2.70. The van der Waals surface area contributed by atoms with E-state index < -0.39 is 10.0 Å². The lowest BCUT2D eigenvalue weighted by molar-refractivity contribution is 0.202. The third-order valence-corrected chi connectivity index (χ3v) is 4.51. The summed E-state index contributed by atoms with van der Waals surface area (Å²) in [7, 11) is 0.513. The summed E-state index contributed by atoms with van der Waals surface area (Å²) in [4.78, 5) is 3.98. The number of sulfonamides is 1. The van der Waals surface area contributed by atoms with Crippen LogP contribution < -0.4 is 10.6 Å². The van der Waals surface area contributed by atoms with Crippen LogP contribution in [-0.2, 0) is 10.0 Å². The Morgan fingerprint density at radius 3 is 2.56 bits per heavy atom. The van der Waals surface area contributed by atoms with Gasteiger partial charge in [0.2, 0.25) is 10.0 Å². The Balaban J connectivity index is 2.27. The zero-order valence-electron chi connectivity index (χ0n) is 10.0. The Kier molecular flexibility index (Phi) is 4.55. The molecule has 0 spiro atoms. The van der Waals surface area contributed by atoms with Crippen molar-refractivity contribution in [1.82, 2.24) is 14.9 Å². The number of nitrogens with one attached hydrogen (secondary N) is 2. The highest BCUT2D eigenvalue weighted by molar-refractivity contribution is 7.89. The van der Waals surface area contributed by atoms with Gasteiger partial charge < -0.3 is 10.6 Å². The Bertz CT molecular complexity index is 347. The number of guanidine groups is 1. The molecule has 0 radical (unpaired) electrons. The van der Waals surface area contributed by atoms with Crippen molar-refractivity contribution < 1.29 is 8.42 Å². The lowest BCUT2D eigenvalue weighted by Crippen LogP contribution is -2.54. The molecule has 94 valence electrons. The monoisotopic (exact) mass is 248 g/mol. The molecular formula is C9H20N4O2S. The first-order chi connectivity index (χ1) is 7.53. The molecule has 1 rings (SSSR count). The van der Waals surface area contributed by atoms with Gasteiger partial charge in [-0.15, -0.1) is 0 Å². The van der Waals surface area contributed by atoms with E-state index in [0.29, 0.717) is 19.0 Å². The van der Waals surface area contributed by atoms with E-state index in [9.17, 15) is 8.42 Å². The molecular weight excluding hydrogens is 228 g/mol. The first-order valence-electron chi connectivity index (χ1n) is 5.39. The first kappa shape index (κ1) is 13.2. The van der Waals surface area contributed by atoms with Crippen molar-refractivity contribution in [3.8, 4) is 0 Å². The highest BCUT2D eigenvalue weighted by Crippen LogP contribution is 2.18. The fourth-order valence-corrected chi connectivity index (χ4v) is 2.82. The lowest BCUT2D eigenvalue weighted by Gasteiger charge is -2.38. The maximum Gasteiger partial charge on any atom is 0.213 e. The van der Waals surface area contributed by atoms with Gasteiger partial charge >= 0.3 is 0 Å². The average molecular weight is 248 g/mol. The molecule has 16 heavy (non-hydrogen) atoms. The van der Waals surface area contributed by atoms with Gasteiger partial charge in [-0.1, -0.05) is 0 Å². The van der Waals surface area contributed by atoms with Crippen LogP contribution in [0, 0.1) is 5.92 Å². The number of hydrogen-bond acceptors (Lipinski definition) is 3. The van der Waals surface area contributed by atoms with Gasteiger partial charge in [0.1, 0.15) is 0 Å². The predicted octanol–water partition coefficient (Wildman–Crippen LogP) is -0.937. The smallest absolute Gasteiger partial charge is 0.213 e. The summed E-state index contributed by atoms with van der Waals surface area (Å²) >= 11 is 0. The largest absolute Gasteiger partial charge is 0.359 e. The fourth-order valence-electron chi connectivity index (χ4n) is 1.58. The molecule has 1 saturated heterocycles. The molecule has 0 aliphatic carbocycles. The van der Waals surface area contributed by atoms with Crippen LogP contribution >= 0.6 is 0 Å². The zero-order valence-corrected chi connectivity index (χ0v) is 10.8. The summed E-state index contributed by atoms with van der Waals surface area (Å²) in [5.41, 5.74) is 0. The van der Waals surface area contributed by atoms with Crippen LogP contribution in [-0.4, -0.2) is 58.2 Å². The van der Waals surface area contributed by atoms with E-state index >= 15 is 0 Å². The normalized spacial score (nSPS) is 19.3. The van der Waals surface area contributed by atoms with Crippen LogP contribution in [0.2, 0.25) is 0 Å². The van der Waals surface area contributed by atoms with Crippen molar-refractivity contribution in [3.63, 3.8) is 0 Å². The second kappa shape index (κ2) is 5.49. The summed E-state index contributed by atoms with van der Waals surface area (Å²) in [6.07, 6.45) is 0. The number of aliphatic imine (C=N–C) groups is 1. The Morgan fingerprint density at radius 1 is 1.50 bits per heavy atom. The van der Waals surface area contributed by atoms with Gasteiger partial charge in [-0.25, -0.2) is 12.7 Å². The molecule has 7 heteroatoms. The quantitative estimate of drug-likeness (QED) is 0.497. The standard InChI is InChI=1S/C9H20N4O2S/c1-4-16(14,15)13-6-8(7-13)5-12-9(10-2)11-3/h8H,4-7H2,1-3H3,(H2,10,11,12). The van der Waals surface area contributed by atoms with Crippen LogP contribution in [0.4, 0.5) is 0 Å². The fraction of sp³-hybridized carbons (Fsp3) is 0.889. The highest BCUT2D eigenvalue weighted by atomic mass is 32.2. The van der Waals surface area contributed by atoms with Gasteiger partial charge in [-0.3, -0.25) is 4.99 Å². The van der Waals surface area contributed by atoms with Gasteiger partial charge in [0, 0.05) is 39.6 Å². The lowest BCUT2D eigenvalue weighted by atomic mass is 10.0. The second-order valence-electron chi connectivity index (χ2n) is 3.79. The molecule has 0 aromatic carbocycles. The molecule has 0 aromatic rings. The summed E-state index contributed by atoms with van der Waals surface area (Å²) < 4.78 is 24.4. The number of rotatable bonds is 4. The van der Waals surface area contributed by atoms with Crippen LogP contribution in [0.15, 0.2) is 4.99 Å². The molecule has 1 aliphatic rings. The van der Waals surface area contributed by atoms with E-state index in [4.69, 9.17) is 0 Å². The average Bonchev–Trinajstić information content (AvgIpc) is 2.21. The molecule has 0 unspecified atom stereocenters. The molecule has 0 atom stereocenters. The van der Waals surface area contributed by atoms with Gasteiger partial charge in [0.15, 0.2) is 5.96 Å². The van der Waals surface area contributed by atoms with E-state index in [0.717, 1.165) is 12.5 Å². The Morgan fingerprint density at radius 2 is 2.12 bits per heavy atom. The zero-order chi connectivity index (χ0) is 12.2. The van der Waals surface area contributed by atoms with Crippen molar-refractivity contribution in [3.05, 3.63) is 0 Å². The van der Waals surface area contributed by atoms with E-state index in [2.05, 4.69) is 15.6 Å². The Hall–Kier alpha value is -0.820. The molecule has 0 saturated carbocycles. The highest BCUT2D eigenvalue weighted by Gasteiger charge is 2.34. The summed E-state index contributed by atoms with van der Waals surface area (Å²) in [6, 6.07) is 0. The van der Waals surface area contributed by atoms with Crippen molar-refractivity contribution in [1.29, 1.82) is 0 Å². The van der Waals surface area contributed by atoms with E-state index in [1.807, 2.05) is 0 Å². The van der Waals surface area contributed by atoms with Crippen molar-refractivity contribution >= 4 is 16.0 Å². The Labute approximate surface area is 97.2 Å². The molecule has 0 aromatic heterocycles. The van der Waals surface area contributed by atoms with Crippen molar-refractivity contribution in [2.24, 2.45) is 10.9 Å². The van der Waals surface area contributed by atoms with Crippen LogP contribution in [0.5, 0.6) is 0 Å². The summed E-state index contributed by atoms with van der Waals surface area (Å²) in [6.45, 7) is 3.65. The molecule has 0 amide bonds. The minimum Gasteiger partial charge on any atom is -0.359 e. The van der Waals surface area contributed by atoms with E-state index in [1.54, 1.807) is 21.0 Å². The maximum atomic E-state index is 11.4. The topological polar surface area (TPSA) is 73.8 Å². The number of nitrogens with zero attached hydrogens (tertiary/aromatic N) is 2. The SMILES string of the molecule is CCS(=O)(=O)N1CC(CNC(=NC)NC)C1. The molecule has 6 nitrogen and oxygen atoms in total. The van der Waals surface area contributed by atoms with Crippen LogP contribution in [0.3, 0.4) is 0 Å². The molecule has 1 fully saturated rings.